The lowest BCUT2D eigenvalue weighted by Crippen LogP contribution is -2.43. The van der Waals surface area contributed by atoms with Gasteiger partial charge in [0.2, 0.25) is 11.8 Å². The molecular weight excluding hydrogens is 412 g/mol. The number of hydrogen-bond acceptors (Lipinski definition) is 6. The lowest BCUT2D eigenvalue weighted by Gasteiger charge is -2.19. The molecule has 1 heterocycles. The maximum absolute atomic E-state index is 12.8. The summed E-state index contributed by atoms with van der Waals surface area (Å²) in [5.74, 6) is 2.48. The Morgan fingerprint density at radius 1 is 0.969 bits per heavy atom. The number of hydrogen-bond donors (Lipinski definition) is 2. The maximum Gasteiger partial charge on any atom is 0.233 e. The number of benzene rings is 1. The molecule has 2 bridgehead atoms. The van der Waals surface area contributed by atoms with Gasteiger partial charge in [-0.2, -0.15) is 0 Å². The van der Waals surface area contributed by atoms with Crippen LogP contribution < -0.4 is 24.8 Å². The normalized spacial score (nSPS) is 25.9. The van der Waals surface area contributed by atoms with Crippen molar-refractivity contribution in [1.82, 2.24) is 15.5 Å². The van der Waals surface area contributed by atoms with Gasteiger partial charge in [-0.3, -0.25) is 19.5 Å². The van der Waals surface area contributed by atoms with E-state index in [1.54, 1.807) is 34.4 Å². The quantitative estimate of drug-likeness (QED) is 0.270. The Kier molecular flexibility index (Phi) is 6.25. The molecule has 3 aliphatic rings. The fourth-order valence-electron chi connectivity index (χ4n) is 5.10. The molecule has 1 aromatic carbocycles. The van der Waals surface area contributed by atoms with Crippen LogP contribution in [-0.2, 0) is 16.1 Å². The van der Waals surface area contributed by atoms with Crippen molar-refractivity contribution in [2.24, 2.45) is 28.7 Å². The summed E-state index contributed by atoms with van der Waals surface area (Å²) in [5.41, 5.74) is 0.869. The van der Waals surface area contributed by atoms with Crippen LogP contribution in [0.5, 0.6) is 17.2 Å². The number of carbonyl (C=O) groups is 2. The van der Waals surface area contributed by atoms with Crippen LogP contribution in [0.4, 0.5) is 0 Å². The topological polar surface area (TPSA) is 101 Å². The monoisotopic (exact) mass is 442 g/mol. The first-order chi connectivity index (χ1) is 15.5. The van der Waals surface area contributed by atoms with Crippen LogP contribution in [0.15, 0.2) is 29.3 Å². The zero-order valence-corrected chi connectivity index (χ0v) is 18.9. The van der Waals surface area contributed by atoms with Crippen LogP contribution >= 0.6 is 0 Å². The summed E-state index contributed by atoms with van der Waals surface area (Å²) in [6, 6.07) is 3.62. The molecule has 4 unspecified atom stereocenters. The highest BCUT2D eigenvalue weighted by Gasteiger charge is 2.58. The summed E-state index contributed by atoms with van der Waals surface area (Å²) >= 11 is 0. The number of aliphatic imine (C=N–C) groups is 1. The van der Waals surface area contributed by atoms with Crippen LogP contribution in [0.25, 0.3) is 0 Å². The summed E-state index contributed by atoms with van der Waals surface area (Å²) in [7, 11) is 6.42. The summed E-state index contributed by atoms with van der Waals surface area (Å²) in [6.45, 7) is 1.18. The van der Waals surface area contributed by atoms with Crippen molar-refractivity contribution < 1.29 is 23.8 Å². The third-order valence-electron chi connectivity index (χ3n) is 6.65. The number of methoxy groups -OCH3 is 3. The van der Waals surface area contributed by atoms with Crippen LogP contribution in [-0.4, -0.2) is 64.1 Å². The van der Waals surface area contributed by atoms with Gasteiger partial charge in [0.15, 0.2) is 17.5 Å². The third kappa shape index (κ3) is 3.76. The van der Waals surface area contributed by atoms with Crippen molar-refractivity contribution in [2.75, 3.05) is 41.5 Å². The molecule has 32 heavy (non-hydrogen) atoms. The average Bonchev–Trinajstić information content (AvgIpc) is 3.50. The lowest BCUT2D eigenvalue weighted by molar-refractivity contribution is -0.140. The number of likely N-dealkylation sites (tertiary alicyclic amines) is 1. The molecule has 0 aromatic heterocycles. The highest BCUT2D eigenvalue weighted by Crippen LogP contribution is 2.52. The second-order valence-corrected chi connectivity index (χ2v) is 8.20. The van der Waals surface area contributed by atoms with Gasteiger partial charge in [-0.25, -0.2) is 0 Å². The van der Waals surface area contributed by atoms with Gasteiger partial charge in [-0.05, 0) is 24.3 Å². The molecule has 2 fully saturated rings. The van der Waals surface area contributed by atoms with Crippen molar-refractivity contribution in [3.8, 4) is 17.2 Å². The minimum Gasteiger partial charge on any atom is -0.496 e. The summed E-state index contributed by atoms with van der Waals surface area (Å²) < 4.78 is 16.2. The number of guanidine groups is 1. The first kappa shape index (κ1) is 22.0. The van der Waals surface area contributed by atoms with E-state index < -0.39 is 0 Å². The van der Waals surface area contributed by atoms with E-state index in [-0.39, 0.29) is 35.5 Å². The van der Waals surface area contributed by atoms with E-state index in [4.69, 9.17) is 14.2 Å². The van der Waals surface area contributed by atoms with Crippen LogP contribution in [0.1, 0.15) is 12.0 Å². The Labute approximate surface area is 187 Å². The standard InChI is InChI=1S/C23H30N4O5/c1-24-23(26-12-15-10-17(31-3)18(32-4)11-16(15)30-2)25-7-8-27-21(28)19-13-5-6-14(9-13)20(19)22(27)29/h5-6,10-11,13-14,19-20H,7-9,12H2,1-4H3,(H2,24,25,26). The number of fused-ring (bicyclic) bond motifs is 5. The minimum absolute atomic E-state index is 0.0309. The van der Waals surface area contributed by atoms with Gasteiger partial charge in [0.05, 0.1) is 33.2 Å². The van der Waals surface area contributed by atoms with Crippen molar-refractivity contribution >= 4 is 17.8 Å². The van der Waals surface area contributed by atoms with Gasteiger partial charge in [-0.1, -0.05) is 12.2 Å². The molecule has 4 atom stereocenters. The van der Waals surface area contributed by atoms with Crippen LogP contribution in [0, 0.1) is 23.7 Å². The third-order valence-corrected chi connectivity index (χ3v) is 6.65. The SMILES string of the molecule is CN=C(NCCN1C(=O)C2C3C=CC(C3)C2C1=O)NCc1cc(OC)c(OC)cc1OC. The van der Waals surface area contributed by atoms with Crippen molar-refractivity contribution in [2.45, 2.75) is 13.0 Å². The number of allylic oxidation sites excluding steroid dienone is 2. The number of nitrogens with one attached hydrogen (secondary N) is 2. The first-order valence-electron chi connectivity index (χ1n) is 10.8. The van der Waals surface area contributed by atoms with Gasteiger partial charge in [0.1, 0.15) is 5.75 Å². The van der Waals surface area contributed by atoms with E-state index in [0.29, 0.717) is 42.8 Å². The first-order valence-corrected chi connectivity index (χ1v) is 10.8. The molecule has 9 nitrogen and oxygen atoms in total. The smallest absolute Gasteiger partial charge is 0.233 e. The average molecular weight is 443 g/mol. The zero-order valence-electron chi connectivity index (χ0n) is 18.9. The molecule has 172 valence electrons. The second-order valence-electron chi connectivity index (χ2n) is 8.20. The van der Waals surface area contributed by atoms with Crippen molar-refractivity contribution in [1.29, 1.82) is 0 Å². The van der Waals surface area contributed by atoms with E-state index >= 15 is 0 Å². The zero-order chi connectivity index (χ0) is 22.8. The molecule has 0 radical (unpaired) electrons. The van der Waals surface area contributed by atoms with E-state index in [0.717, 1.165) is 12.0 Å². The molecular formula is C23H30N4O5. The lowest BCUT2D eigenvalue weighted by atomic mass is 9.85. The van der Waals surface area contributed by atoms with E-state index in [2.05, 4.69) is 27.8 Å². The molecule has 0 spiro atoms. The summed E-state index contributed by atoms with van der Waals surface area (Å²) in [4.78, 5) is 31.2. The van der Waals surface area contributed by atoms with Gasteiger partial charge in [0, 0.05) is 38.3 Å². The Morgan fingerprint density at radius 3 is 2.12 bits per heavy atom. The molecule has 1 aromatic rings. The molecule has 2 amide bonds. The van der Waals surface area contributed by atoms with Crippen molar-refractivity contribution in [3.63, 3.8) is 0 Å². The highest BCUT2D eigenvalue weighted by molar-refractivity contribution is 6.06. The Balaban J connectivity index is 1.32. The van der Waals surface area contributed by atoms with E-state index in [1.807, 2.05) is 6.07 Å². The number of rotatable bonds is 8. The largest absolute Gasteiger partial charge is 0.496 e. The molecule has 2 N–H and O–H groups in total. The Bertz CT molecular complexity index is 930. The van der Waals surface area contributed by atoms with E-state index in [1.165, 1.54) is 4.90 Å². The molecule has 1 saturated carbocycles. The number of carbonyl (C=O) groups excluding carboxylic acids is 2. The molecule has 2 aliphatic carbocycles. The fraction of sp³-hybridized carbons (Fsp3) is 0.522. The van der Waals surface area contributed by atoms with Gasteiger partial charge in [-0.15, -0.1) is 0 Å². The fourth-order valence-corrected chi connectivity index (χ4v) is 5.10. The number of amides is 2. The highest BCUT2D eigenvalue weighted by atomic mass is 16.5. The summed E-state index contributed by atoms with van der Waals surface area (Å²) in [5, 5.41) is 6.41. The van der Waals surface area contributed by atoms with Gasteiger partial charge in [0.25, 0.3) is 0 Å². The molecule has 9 heteroatoms. The maximum atomic E-state index is 12.8. The number of imide groups is 1. The summed E-state index contributed by atoms with van der Waals surface area (Å²) in [6.07, 6.45) is 5.15. The molecule has 1 saturated heterocycles. The van der Waals surface area contributed by atoms with Crippen LogP contribution in [0.2, 0.25) is 0 Å². The Hall–Kier alpha value is -3.23. The predicted molar refractivity (Wildman–Crippen MR) is 119 cm³/mol. The second kappa shape index (κ2) is 9.10. The Morgan fingerprint density at radius 2 is 1.56 bits per heavy atom. The van der Waals surface area contributed by atoms with Crippen LogP contribution in [0.3, 0.4) is 0 Å². The van der Waals surface area contributed by atoms with E-state index in [9.17, 15) is 9.59 Å². The van der Waals surface area contributed by atoms with Gasteiger partial charge < -0.3 is 24.8 Å². The van der Waals surface area contributed by atoms with Gasteiger partial charge >= 0.3 is 0 Å². The predicted octanol–water partition coefficient (Wildman–Crippen LogP) is 1.18. The molecule has 1 aliphatic heterocycles. The number of nitrogens with zero attached hydrogens (tertiary/aromatic N) is 2. The number of ether oxygens (including phenoxy) is 3. The minimum atomic E-state index is -0.160. The molecule has 4 rings (SSSR count). The van der Waals surface area contributed by atoms with Crippen molar-refractivity contribution in [3.05, 3.63) is 29.8 Å².